The van der Waals surface area contributed by atoms with Crippen LogP contribution < -0.4 is 5.32 Å². The second kappa shape index (κ2) is 6.81. The first-order chi connectivity index (χ1) is 11.5. The van der Waals surface area contributed by atoms with Crippen molar-refractivity contribution in [3.63, 3.8) is 0 Å². The number of carbonyl (C=O) groups is 1. The van der Waals surface area contributed by atoms with Crippen molar-refractivity contribution in [2.24, 2.45) is 0 Å². The maximum Gasteiger partial charge on any atom is 0.274 e. The number of aryl methyl sites for hydroxylation is 2. The predicted octanol–water partition coefficient (Wildman–Crippen LogP) is 4.67. The van der Waals surface area contributed by atoms with E-state index in [9.17, 15) is 4.79 Å². The lowest BCUT2D eigenvalue weighted by atomic mass is 10.1. The van der Waals surface area contributed by atoms with Crippen LogP contribution in [0, 0.1) is 13.8 Å². The van der Waals surface area contributed by atoms with Crippen LogP contribution in [0.2, 0.25) is 5.02 Å². The lowest BCUT2D eigenvalue weighted by Gasteiger charge is -2.09. The molecule has 1 amide bonds. The third kappa shape index (κ3) is 3.44. The number of hydrogen-bond donors (Lipinski definition) is 1. The van der Waals surface area contributed by atoms with Crippen molar-refractivity contribution in [2.45, 2.75) is 13.8 Å². The van der Waals surface area contributed by atoms with Crippen LogP contribution in [0.5, 0.6) is 0 Å². The summed E-state index contributed by atoms with van der Waals surface area (Å²) in [5, 5.41) is 3.43. The number of pyridine rings is 2. The SMILES string of the molecule is Cc1ccc(NC(=O)c2ccc(-c3ncccc3Cl)cn2)c(C)c1. The average molecular weight is 338 g/mol. The third-order valence-electron chi connectivity index (χ3n) is 3.66. The lowest BCUT2D eigenvalue weighted by molar-refractivity contribution is 0.102. The Labute approximate surface area is 145 Å². The van der Waals surface area contributed by atoms with Crippen molar-refractivity contribution in [1.82, 2.24) is 9.97 Å². The molecule has 0 unspecified atom stereocenters. The van der Waals surface area contributed by atoms with Gasteiger partial charge in [-0.05, 0) is 49.7 Å². The summed E-state index contributed by atoms with van der Waals surface area (Å²) in [6, 6.07) is 12.9. The molecule has 0 aliphatic carbocycles. The van der Waals surface area contributed by atoms with E-state index in [-0.39, 0.29) is 5.91 Å². The fraction of sp³-hybridized carbons (Fsp3) is 0.105. The van der Waals surface area contributed by atoms with E-state index in [1.54, 1.807) is 36.7 Å². The Hall–Kier alpha value is -2.72. The molecule has 0 fully saturated rings. The second-order valence-electron chi connectivity index (χ2n) is 5.54. The van der Waals surface area contributed by atoms with Crippen molar-refractivity contribution in [1.29, 1.82) is 0 Å². The van der Waals surface area contributed by atoms with Gasteiger partial charge in [0.1, 0.15) is 5.69 Å². The topological polar surface area (TPSA) is 54.9 Å². The van der Waals surface area contributed by atoms with E-state index in [0.717, 1.165) is 22.4 Å². The van der Waals surface area contributed by atoms with Gasteiger partial charge in [0.25, 0.3) is 5.91 Å². The largest absolute Gasteiger partial charge is 0.320 e. The molecule has 1 aromatic carbocycles. The Kier molecular flexibility index (Phi) is 4.58. The van der Waals surface area contributed by atoms with Crippen LogP contribution >= 0.6 is 11.6 Å². The number of aromatic nitrogens is 2. The molecule has 24 heavy (non-hydrogen) atoms. The Morgan fingerprint density at radius 3 is 2.58 bits per heavy atom. The molecule has 0 aliphatic heterocycles. The maximum absolute atomic E-state index is 12.4. The maximum atomic E-state index is 12.4. The first kappa shape index (κ1) is 16.1. The van der Waals surface area contributed by atoms with Crippen molar-refractivity contribution in [3.05, 3.63) is 76.7 Å². The van der Waals surface area contributed by atoms with E-state index in [1.165, 1.54) is 0 Å². The number of hydrogen-bond acceptors (Lipinski definition) is 3. The molecular weight excluding hydrogens is 322 g/mol. The second-order valence-corrected chi connectivity index (χ2v) is 5.95. The summed E-state index contributed by atoms with van der Waals surface area (Å²) in [5.74, 6) is -0.249. The first-order valence-corrected chi connectivity index (χ1v) is 7.88. The third-order valence-corrected chi connectivity index (χ3v) is 3.96. The number of nitrogens with one attached hydrogen (secondary N) is 1. The van der Waals surface area contributed by atoms with Crippen LogP contribution in [0.25, 0.3) is 11.3 Å². The van der Waals surface area contributed by atoms with E-state index in [1.807, 2.05) is 32.0 Å². The molecule has 0 radical (unpaired) electrons. The van der Waals surface area contributed by atoms with Gasteiger partial charge in [-0.1, -0.05) is 29.3 Å². The van der Waals surface area contributed by atoms with Gasteiger partial charge in [0.05, 0.1) is 10.7 Å². The molecule has 0 saturated carbocycles. The van der Waals surface area contributed by atoms with Crippen LogP contribution in [0.3, 0.4) is 0 Å². The number of halogens is 1. The van der Waals surface area contributed by atoms with Crippen molar-refractivity contribution < 1.29 is 4.79 Å². The van der Waals surface area contributed by atoms with Crippen LogP contribution in [-0.4, -0.2) is 15.9 Å². The minimum atomic E-state index is -0.249. The summed E-state index contributed by atoms with van der Waals surface area (Å²) in [5.41, 5.74) is 4.70. The van der Waals surface area contributed by atoms with Gasteiger partial charge >= 0.3 is 0 Å². The molecule has 0 bridgehead atoms. The molecule has 3 rings (SSSR count). The van der Waals surface area contributed by atoms with Gasteiger partial charge < -0.3 is 5.32 Å². The van der Waals surface area contributed by atoms with Gasteiger partial charge in [0, 0.05) is 23.6 Å². The number of benzene rings is 1. The fourth-order valence-corrected chi connectivity index (χ4v) is 2.64. The van der Waals surface area contributed by atoms with E-state index >= 15 is 0 Å². The highest BCUT2D eigenvalue weighted by Crippen LogP contribution is 2.24. The zero-order valence-corrected chi connectivity index (χ0v) is 14.1. The number of amides is 1. The summed E-state index contributed by atoms with van der Waals surface area (Å²) >= 11 is 6.13. The van der Waals surface area contributed by atoms with Gasteiger partial charge in [0.15, 0.2) is 0 Å². The van der Waals surface area contributed by atoms with E-state index < -0.39 is 0 Å². The first-order valence-electron chi connectivity index (χ1n) is 7.50. The number of nitrogens with zero attached hydrogens (tertiary/aromatic N) is 2. The summed E-state index contributed by atoms with van der Waals surface area (Å²) < 4.78 is 0. The van der Waals surface area contributed by atoms with Gasteiger partial charge in [-0.15, -0.1) is 0 Å². The minimum absolute atomic E-state index is 0.249. The smallest absolute Gasteiger partial charge is 0.274 e. The zero-order valence-electron chi connectivity index (χ0n) is 13.4. The van der Waals surface area contributed by atoms with Crippen LogP contribution in [0.1, 0.15) is 21.6 Å². The van der Waals surface area contributed by atoms with Crippen molar-refractivity contribution in [2.75, 3.05) is 5.32 Å². The molecule has 0 aliphatic rings. The highest BCUT2D eigenvalue weighted by Gasteiger charge is 2.11. The monoisotopic (exact) mass is 337 g/mol. The predicted molar refractivity (Wildman–Crippen MR) is 96.3 cm³/mol. The van der Waals surface area contributed by atoms with Crippen LogP contribution in [0.4, 0.5) is 5.69 Å². The van der Waals surface area contributed by atoms with Crippen LogP contribution in [0.15, 0.2) is 54.9 Å². The zero-order chi connectivity index (χ0) is 17.1. The Morgan fingerprint density at radius 2 is 1.92 bits per heavy atom. The quantitative estimate of drug-likeness (QED) is 0.755. The molecule has 120 valence electrons. The van der Waals surface area contributed by atoms with Gasteiger partial charge in [-0.3, -0.25) is 14.8 Å². The molecule has 5 heteroatoms. The molecule has 1 N–H and O–H groups in total. The highest BCUT2D eigenvalue weighted by molar-refractivity contribution is 6.33. The Morgan fingerprint density at radius 1 is 1.08 bits per heavy atom. The number of carbonyl (C=O) groups excluding carboxylic acids is 1. The summed E-state index contributed by atoms with van der Waals surface area (Å²) in [6.45, 7) is 3.98. The lowest BCUT2D eigenvalue weighted by Crippen LogP contribution is -2.14. The fourth-order valence-electron chi connectivity index (χ4n) is 2.41. The minimum Gasteiger partial charge on any atom is -0.320 e. The molecule has 2 heterocycles. The number of rotatable bonds is 3. The Bertz CT molecular complexity index is 891. The van der Waals surface area contributed by atoms with Gasteiger partial charge in [0.2, 0.25) is 0 Å². The van der Waals surface area contributed by atoms with E-state index in [2.05, 4.69) is 15.3 Å². The van der Waals surface area contributed by atoms with Crippen LogP contribution in [-0.2, 0) is 0 Å². The van der Waals surface area contributed by atoms with Gasteiger partial charge in [-0.2, -0.15) is 0 Å². The number of anilines is 1. The average Bonchev–Trinajstić information content (AvgIpc) is 2.58. The molecule has 2 aromatic heterocycles. The normalized spacial score (nSPS) is 10.5. The summed E-state index contributed by atoms with van der Waals surface area (Å²) in [7, 11) is 0. The molecule has 4 nitrogen and oxygen atoms in total. The summed E-state index contributed by atoms with van der Waals surface area (Å²) in [4.78, 5) is 20.8. The van der Waals surface area contributed by atoms with Gasteiger partial charge in [-0.25, -0.2) is 0 Å². The van der Waals surface area contributed by atoms with Crippen molar-refractivity contribution >= 4 is 23.2 Å². The summed E-state index contributed by atoms with van der Waals surface area (Å²) in [6.07, 6.45) is 3.27. The van der Waals surface area contributed by atoms with E-state index in [0.29, 0.717) is 16.4 Å². The molecular formula is C19H16ClN3O. The highest BCUT2D eigenvalue weighted by atomic mass is 35.5. The molecule has 3 aromatic rings. The van der Waals surface area contributed by atoms with E-state index in [4.69, 9.17) is 11.6 Å². The standard InChI is InChI=1S/C19H16ClN3O/c1-12-5-7-16(13(2)10-12)23-19(24)17-8-6-14(11-22-17)18-15(20)4-3-9-21-18/h3-11H,1-2H3,(H,23,24). The molecule has 0 atom stereocenters. The Balaban J connectivity index is 1.80. The molecule has 0 saturated heterocycles. The van der Waals surface area contributed by atoms with Crippen molar-refractivity contribution in [3.8, 4) is 11.3 Å². The molecule has 0 spiro atoms.